The lowest BCUT2D eigenvalue weighted by Gasteiger charge is -2.27. The van der Waals surface area contributed by atoms with Crippen molar-refractivity contribution in [3.63, 3.8) is 0 Å². The lowest BCUT2D eigenvalue weighted by molar-refractivity contribution is 0.0501. The first-order chi connectivity index (χ1) is 20.1. The minimum atomic E-state index is -0.928. The van der Waals surface area contributed by atoms with Crippen LogP contribution in [0, 0.1) is 11.3 Å². The zero-order valence-corrected chi connectivity index (χ0v) is 23.8. The summed E-state index contributed by atoms with van der Waals surface area (Å²) < 4.78 is 10.6. The Morgan fingerprint density at radius 3 is 2.57 bits per heavy atom. The van der Waals surface area contributed by atoms with E-state index in [1.54, 1.807) is 39.1 Å². The number of esters is 1. The minimum absolute atomic E-state index is 0.255. The normalized spacial score (nSPS) is 12.8. The number of hydrogen-bond donors (Lipinski definition) is 4. The molecule has 0 spiro atoms. The van der Waals surface area contributed by atoms with Gasteiger partial charge in [-0.3, -0.25) is 5.10 Å². The summed E-state index contributed by atoms with van der Waals surface area (Å²) in [7, 11) is 1.31. The number of rotatable bonds is 8. The van der Waals surface area contributed by atoms with Gasteiger partial charge in [0.2, 0.25) is 0 Å². The van der Waals surface area contributed by atoms with E-state index >= 15 is 0 Å². The van der Waals surface area contributed by atoms with Crippen LogP contribution in [0.5, 0.6) is 0 Å². The number of H-pyrrole nitrogens is 2. The average molecular weight is 565 g/mol. The van der Waals surface area contributed by atoms with Crippen molar-refractivity contribution in [2.24, 2.45) is 0 Å². The first kappa shape index (κ1) is 28.2. The van der Waals surface area contributed by atoms with Crippen LogP contribution in [-0.2, 0) is 15.9 Å². The predicted octanol–water partition coefficient (Wildman–Crippen LogP) is 5.94. The number of anilines is 1. The van der Waals surface area contributed by atoms with Crippen molar-refractivity contribution in [2.75, 3.05) is 12.4 Å². The van der Waals surface area contributed by atoms with E-state index in [9.17, 15) is 14.9 Å². The first-order valence-electron chi connectivity index (χ1n) is 13.5. The quantitative estimate of drug-likeness (QED) is 0.171. The molecule has 0 unspecified atom stereocenters. The Hall–Kier alpha value is -5.30. The van der Waals surface area contributed by atoms with Gasteiger partial charge < -0.3 is 25.1 Å². The van der Waals surface area contributed by atoms with E-state index in [-0.39, 0.29) is 5.56 Å². The molecule has 0 saturated heterocycles. The van der Waals surface area contributed by atoms with Crippen LogP contribution in [0.4, 0.5) is 10.5 Å². The number of carbonyl (C=O) groups is 2. The fourth-order valence-corrected chi connectivity index (χ4v) is 4.89. The number of nitrogens with one attached hydrogen (secondary N) is 4. The molecule has 4 N–H and O–H groups in total. The third kappa shape index (κ3) is 6.20. The third-order valence-corrected chi connectivity index (χ3v) is 6.87. The van der Waals surface area contributed by atoms with Gasteiger partial charge in [0.15, 0.2) is 0 Å². The van der Waals surface area contributed by atoms with Gasteiger partial charge in [-0.15, -0.1) is 0 Å². The second-order valence-corrected chi connectivity index (χ2v) is 11.0. The number of carbonyl (C=O) groups excluding carboxylic acids is 2. The number of fused-ring (bicyclic) bond motifs is 2. The molecule has 5 aromatic rings. The second-order valence-electron chi connectivity index (χ2n) is 11.0. The van der Waals surface area contributed by atoms with Crippen LogP contribution >= 0.6 is 0 Å². The largest absolute Gasteiger partial charge is 0.465 e. The van der Waals surface area contributed by atoms with Crippen LogP contribution < -0.4 is 10.6 Å². The van der Waals surface area contributed by atoms with E-state index in [1.807, 2.05) is 54.7 Å². The maximum atomic E-state index is 12.9. The van der Waals surface area contributed by atoms with Crippen LogP contribution in [-0.4, -0.2) is 52.0 Å². The number of ether oxygens (including phenoxy) is 2. The van der Waals surface area contributed by atoms with Crippen molar-refractivity contribution >= 4 is 39.6 Å². The van der Waals surface area contributed by atoms with Crippen LogP contribution in [0.2, 0.25) is 0 Å². The number of methoxy groups -OCH3 is 1. The monoisotopic (exact) mass is 564 g/mol. The van der Waals surface area contributed by atoms with E-state index in [1.165, 1.54) is 7.11 Å². The van der Waals surface area contributed by atoms with Gasteiger partial charge >= 0.3 is 12.1 Å². The Labute approximate surface area is 243 Å². The molecule has 0 saturated carbocycles. The predicted molar refractivity (Wildman–Crippen MR) is 161 cm³/mol. The molecule has 42 heavy (non-hydrogen) atoms. The fraction of sp³-hybridized carbons (Fsp3) is 0.250. The number of para-hydroxylation sites is 1. The molecule has 2 heterocycles. The summed E-state index contributed by atoms with van der Waals surface area (Å²) in [5.74, 6) is -0.561. The number of nitrogens with zero attached hydrogens (tertiary/aromatic N) is 2. The highest BCUT2D eigenvalue weighted by Gasteiger charge is 2.28. The number of nitriles is 1. The molecular formula is C32H32N6O4. The van der Waals surface area contributed by atoms with Crippen LogP contribution in [0.15, 0.2) is 73.1 Å². The SMILES string of the molecule is COC(=O)c1cc(-c2ccc3[nH]ncc3c2)ccc1N[C@@H](C#N)[C@H](Cc1c[nH]c2ccccc12)NC(=O)OC(C)(C)C. The summed E-state index contributed by atoms with van der Waals surface area (Å²) in [6, 6.07) is 19.6. The maximum absolute atomic E-state index is 12.9. The highest BCUT2D eigenvalue weighted by molar-refractivity contribution is 5.98. The lowest BCUT2D eigenvalue weighted by Crippen LogP contribution is -2.49. The summed E-state index contributed by atoms with van der Waals surface area (Å²) in [6.45, 7) is 5.32. The molecule has 1 amide bonds. The minimum Gasteiger partial charge on any atom is -0.465 e. The second kappa shape index (κ2) is 11.7. The molecular weight excluding hydrogens is 532 g/mol. The summed E-state index contributed by atoms with van der Waals surface area (Å²) in [5.41, 5.74) is 4.39. The Bertz CT molecular complexity index is 1790. The summed E-state index contributed by atoms with van der Waals surface area (Å²) in [6.07, 6.45) is 3.28. The average Bonchev–Trinajstić information content (AvgIpc) is 3.61. The third-order valence-electron chi connectivity index (χ3n) is 6.87. The molecule has 10 heteroatoms. The maximum Gasteiger partial charge on any atom is 0.407 e. The van der Waals surface area contributed by atoms with Crippen molar-refractivity contribution in [2.45, 2.75) is 44.9 Å². The van der Waals surface area contributed by atoms with Gasteiger partial charge in [0.25, 0.3) is 0 Å². The molecule has 2 aromatic heterocycles. The number of aromatic nitrogens is 3. The molecule has 0 aliphatic rings. The standard InChI is InChI=1S/C32H32N6O4/c1-32(2,3)42-31(40)37-28(15-21-17-34-26-8-6-5-7-23(21)26)29(16-33)36-27-12-10-20(14-24(27)30(39)41-4)19-9-11-25-22(13-19)18-35-38-25/h5-14,17-18,28-29,34,36H,15H2,1-4H3,(H,35,38)(H,37,40)/t28-,29-/m0/s1. The Morgan fingerprint density at radius 1 is 1.05 bits per heavy atom. The van der Waals surface area contributed by atoms with E-state index in [2.05, 4.69) is 31.9 Å². The first-order valence-corrected chi connectivity index (χ1v) is 13.5. The molecule has 2 atom stereocenters. The number of amides is 1. The fourth-order valence-electron chi connectivity index (χ4n) is 4.89. The van der Waals surface area contributed by atoms with Gasteiger partial charge in [-0.1, -0.05) is 30.3 Å². The van der Waals surface area contributed by atoms with Gasteiger partial charge in [-0.05, 0) is 74.2 Å². The molecule has 0 radical (unpaired) electrons. The van der Waals surface area contributed by atoms with Gasteiger partial charge in [0.1, 0.15) is 11.6 Å². The van der Waals surface area contributed by atoms with Crippen LogP contribution in [0.25, 0.3) is 32.9 Å². The zero-order chi connectivity index (χ0) is 29.9. The van der Waals surface area contributed by atoms with Crippen molar-refractivity contribution < 1.29 is 19.1 Å². The number of aromatic amines is 2. The van der Waals surface area contributed by atoms with Crippen molar-refractivity contribution in [1.82, 2.24) is 20.5 Å². The highest BCUT2D eigenvalue weighted by atomic mass is 16.6. The smallest absolute Gasteiger partial charge is 0.407 e. The van der Waals surface area contributed by atoms with Gasteiger partial charge in [-0.25, -0.2) is 9.59 Å². The van der Waals surface area contributed by atoms with Crippen molar-refractivity contribution in [3.8, 4) is 17.2 Å². The van der Waals surface area contributed by atoms with E-state index in [4.69, 9.17) is 9.47 Å². The number of hydrogen-bond acceptors (Lipinski definition) is 7. The molecule has 10 nitrogen and oxygen atoms in total. The number of alkyl carbamates (subject to hydrolysis) is 1. The zero-order valence-electron chi connectivity index (χ0n) is 23.8. The van der Waals surface area contributed by atoms with Gasteiger partial charge in [-0.2, -0.15) is 10.4 Å². The topological polar surface area (TPSA) is 145 Å². The van der Waals surface area contributed by atoms with E-state index in [0.29, 0.717) is 12.1 Å². The molecule has 3 aromatic carbocycles. The van der Waals surface area contributed by atoms with Crippen LogP contribution in [0.3, 0.4) is 0 Å². The van der Waals surface area contributed by atoms with E-state index in [0.717, 1.165) is 38.5 Å². The molecule has 0 aliphatic heterocycles. The van der Waals surface area contributed by atoms with Crippen molar-refractivity contribution in [3.05, 3.63) is 84.2 Å². The van der Waals surface area contributed by atoms with E-state index < -0.39 is 29.7 Å². The lowest BCUT2D eigenvalue weighted by atomic mass is 9.97. The Balaban J connectivity index is 1.48. The Morgan fingerprint density at radius 2 is 1.81 bits per heavy atom. The summed E-state index contributed by atoms with van der Waals surface area (Å²) >= 11 is 0. The molecule has 0 fully saturated rings. The molecule has 0 aliphatic carbocycles. The summed E-state index contributed by atoms with van der Waals surface area (Å²) in [4.78, 5) is 29.0. The van der Waals surface area contributed by atoms with Gasteiger partial charge in [0.05, 0.1) is 36.5 Å². The molecule has 214 valence electrons. The molecule has 0 bridgehead atoms. The van der Waals surface area contributed by atoms with Crippen molar-refractivity contribution in [1.29, 1.82) is 5.26 Å². The van der Waals surface area contributed by atoms with Crippen LogP contribution in [0.1, 0.15) is 36.7 Å². The van der Waals surface area contributed by atoms with Gasteiger partial charge in [0, 0.05) is 28.2 Å². The summed E-state index contributed by atoms with van der Waals surface area (Å²) in [5, 5.41) is 25.3. The highest BCUT2D eigenvalue weighted by Crippen LogP contribution is 2.29. The number of benzene rings is 3. The Kier molecular flexibility index (Phi) is 7.84. The molecule has 5 rings (SSSR count).